The lowest BCUT2D eigenvalue weighted by Gasteiger charge is -2.34. The zero-order valence-corrected chi connectivity index (χ0v) is 15.5. The van der Waals surface area contributed by atoms with Gasteiger partial charge < -0.3 is 10.6 Å². The predicted octanol–water partition coefficient (Wildman–Crippen LogP) is 3.58. The van der Waals surface area contributed by atoms with Gasteiger partial charge in [-0.3, -0.25) is 9.59 Å². The highest BCUT2D eigenvalue weighted by atomic mass is 19.4. The summed E-state index contributed by atoms with van der Waals surface area (Å²) in [5, 5.41) is 4.88. The molecule has 0 spiro atoms. The molecule has 4 unspecified atom stereocenters. The van der Waals surface area contributed by atoms with Gasteiger partial charge in [0.05, 0.1) is 6.04 Å². The fourth-order valence-corrected chi connectivity index (χ4v) is 4.13. The first-order chi connectivity index (χ1) is 12.7. The van der Waals surface area contributed by atoms with Crippen molar-refractivity contribution >= 4 is 11.8 Å². The summed E-state index contributed by atoms with van der Waals surface area (Å²) >= 11 is 0. The van der Waals surface area contributed by atoms with Gasteiger partial charge in [0.15, 0.2) is 0 Å². The third-order valence-corrected chi connectivity index (χ3v) is 5.73. The Balaban J connectivity index is 1.72. The van der Waals surface area contributed by atoms with Gasteiger partial charge in [0.1, 0.15) is 12.0 Å². The zero-order chi connectivity index (χ0) is 19.8. The number of hydrogen-bond donors (Lipinski definition) is 2. The molecular weight excluding hydrogens is 357 g/mol. The number of alkyl halides is 3. The van der Waals surface area contributed by atoms with Gasteiger partial charge in [-0.2, -0.15) is 13.2 Å². The maximum Gasteiger partial charge on any atom is 0.408 e. The quantitative estimate of drug-likeness (QED) is 0.785. The first-order valence-corrected chi connectivity index (χ1v) is 9.46. The van der Waals surface area contributed by atoms with Crippen molar-refractivity contribution in [1.82, 2.24) is 10.6 Å². The van der Waals surface area contributed by atoms with Gasteiger partial charge >= 0.3 is 6.18 Å². The predicted molar refractivity (Wildman–Crippen MR) is 94.9 cm³/mol. The van der Waals surface area contributed by atoms with Gasteiger partial charge in [-0.1, -0.05) is 37.1 Å². The Morgan fingerprint density at radius 3 is 2.67 bits per heavy atom. The molecule has 1 aromatic carbocycles. The number of fused-ring (bicyclic) bond motifs is 1. The zero-order valence-electron chi connectivity index (χ0n) is 15.5. The summed E-state index contributed by atoms with van der Waals surface area (Å²) in [6.07, 6.45) is -2.13. The van der Waals surface area contributed by atoms with Gasteiger partial charge in [-0.05, 0) is 49.7 Å². The maximum absolute atomic E-state index is 12.8. The van der Waals surface area contributed by atoms with Crippen molar-refractivity contribution in [3.63, 3.8) is 0 Å². The Morgan fingerprint density at radius 1 is 1.30 bits per heavy atom. The number of benzene rings is 1. The van der Waals surface area contributed by atoms with Crippen LogP contribution in [-0.2, 0) is 16.0 Å². The standard InChI is InChI=1S/C20H25F3N2O2/c1-3-12-9-13-8-11(2)4-5-14(13)16(10-12)24-18(26)15-6-7-17(20(21,22)23)25-19(15)27/h4-5,8,12,15-17H,3,6-7,9-10H2,1-2H3,(H,24,26)(H,25,27). The molecule has 0 radical (unpaired) electrons. The third kappa shape index (κ3) is 4.28. The van der Waals surface area contributed by atoms with Gasteiger partial charge in [-0.15, -0.1) is 0 Å². The number of nitrogens with one attached hydrogen (secondary N) is 2. The minimum Gasteiger partial charge on any atom is -0.349 e. The van der Waals surface area contributed by atoms with Crippen LogP contribution in [0, 0.1) is 18.8 Å². The molecule has 0 aromatic heterocycles. The lowest BCUT2D eigenvalue weighted by Crippen LogP contribution is -2.54. The summed E-state index contributed by atoms with van der Waals surface area (Å²) in [6, 6.07) is 4.04. The van der Waals surface area contributed by atoms with Crippen molar-refractivity contribution in [1.29, 1.82) is 0 Å². The molecule has 148 valence electrons. The van der Waals surface area contributed by atoms with Gasteiger partial charge in [0, 0.05) is 0 Å². The molecule has 27 heavy (non-hydrogen) atoms. The second-order valence-electron chi connectivity index (χ2n) is 7.71. The molecule has 1 aromatic rings. The summed E-state index contributed by atoms with van der Waals surface area (Å²) in [5.41, 5.74) is 3.40. The highest BCUT2D eigenvalue weighted by molar-refractivity contribution is 6.01. The average Bonchev–Trinajstić information content (AvgIpc) is 2.60. The third-order valence-electron chi connectivity index (χ3n) is 5.73. The summed E-state index contributed by atoms with van der Waals surface area (Å²) in [5.74, 6) is -1.96. The molecule has 0 saturated carbocycles. The molecule has 4 nitrogen and oxygen atoms in total. The van der Waals surface area contributed by atoms with Gasteiger partial charge in [0.25, 0.3) is 0 Å². The lowest BCUT2D eigenvalue weighted by molar-refractivity contribution is -0.171. The van der Waals surface area contributed by atoms with E-state index in [4.69, 9.17) is 0 Å². The number of carbonyl (C=O) groups is 2. The van der Waals surface area contributed by atoms with Crippen LogP contribution >= 0.6 is 0 Å². The molecule has 1 aliphatic carbocycles. The first-order valence-electron chi connectivity index (χ1n) is 9.46. The van der Waals surface area contributed by atoms with E-state index in [0.717, 1.165) is 30.4 Å². The number of hydrogen-bond acceptors (Lipinski definition) is 2. The van der Waals surface area contributed by atoms with Gasteiger partial charge in [0.2, 0.25) is 11.8 Å². The molecule has 2 aliphatic rings. The van der Waals surface area contributed by atoms with Crippen LogP contribution < -0.4 is 10.6 Å². The van der Waals surface area contributed by atoms with Crippen LogP contribution in [0.1, 0.15) is 55.3 Å². The van der Waals surface area contributed by atoms with E-state index in [1.54, 1.807) is 0 Å². The number of amides is 2. The number of carbonyl (C=O) groups excluding carboxylic acids is 2. The lowest BCUT2D eigenvalue weighted by atomic mass is 9.78. The number of halogens is 3. The van der Waals surface area contributed by atoms with Crippen LogP contribution in [-0.4, -0.2) is 24.0 Å². The molecule has 4 atom stereocenters. The molecule has 3 rings (SSSR count). The van der Waals surface area contributed by atoms with E-state index in [2.05, 4.69) is 18.3 Å². The minimum atomic E-state index is -4.48. The van der Waals surface area contributed by atoms with E-state index in [1.165, 1.54) is 5.56 Å². The molecule has 1 heterocycles. The Bertz CT molecular complexity index is 732. The van der Waals surface area contributed by atoms with Crippen molar-refractivity contribution in [2.45, 2.75) is 64.2 Å². The molecule has 1 fully saturated rings. The van der Waals surface area contributed by atoms with Gasteiger partial charge in [-0.25, -0.2) is 0 Å². The second kappa shape index (κ2) is 7.52. The smallest absolute Gasteiger partial charge is 0.349 e. The molecule has 1 aliphatic heterocycles. The normalized spacial score (nSPS) is 28.3. The fourth-order valence-electron chi connectivity index (χ4n) is 4.13. The summed E-state index contributed by atoms with van der Waals surface area (Å²) in [4.78, 5) is 24.7. The van der Waals surface area contributed by atoms with Crippen molar-refractivity contribution < 1.29 is 22.8 Å². The average molecular weight is 382 g/mol. The van der Waals surface area contributed by atoms with E-state index in [1.807, 2.05) is 24.4 Å². The van der Waals surface area contributed by atoms with Crippen LogP contribution in [0.15, 0.2) is 18.2 Å². The molecule has 1 saturated heterocycles. The Kier molecular flexibility index (Phi) is 5.49. The molecule has 0 bridgehead atoms. The van der Waals surface area contributed by atoms with Crippen molar-refractivity contribution in [2.75, 3.05) is 0 Å². The molecule has 7 heteroatoms. The fraction of sp³-hybridized carbons (Fsp3) is 0.600. The van der Waals surface area contributed by atoms with E-state index >= 15 is 0 Å². The SMILES string of the molecule is CCC1Cc2cc(C)ccc2C(NC(=O)C2CCC(C(F)(F)F)NC2=O)C1. The van der Waals surface area contributed by atoms with Crippen molar-refractivity contribution in [2.24, 2.45) is 11.8 Å². The number of piperidine rings is 1. The molecule has 2 N–H and O–H groups in total. The van der Waals surface area contributed by atoms with E-state index in [-0.39, 0.29) is 18.9 Å². The number of aryl methyl sites for hydroxylation is 1. The van der Waals surface area contributed by atoms with Crippen LogP contribution in [0.25, 0.3) is 0 Å². The van der Waals surface area contributed by atoms with Crippen LogP contribution in [0.4, 0.5) is 13.2 Å². The van der Waals surface area contributed by atoms with E-state index in [9.17, 15) is 22.8 Å². The topological polar surface area (TPSA) is 58.2 Å². The Hall–Kier alpha value is -2.05. The van der Waals surface area contributed by atoms with E-state index in [0.29, 0.717) is 5.92 Å². The first kappa shape index (κ1) is 19.7. The Labute approximate surface area is 156 Å². The Morgan fingerprint density at radius 2 is 2.04 bits per heavy atom. The van der Waals surface area contributed by atoms with Crippen LogP contribution in [0.3, 0.4) is 0 Å². The van der Waals surface area contributed by atoms with E-state index < -0.39 is 30.0 Å². The highest BCUT2D eigenvalue weighted by Gasteiger charge is 2.46. The number of rotatable bonds is 3. The largest absolute Gasteiger partial charge is 0.408 e. The summed E-state index contributed by atoms with van der Waals surface area (Å²) < 4.78 is 38.3. The van der Waals surface area contributed by atoms with Crippen molar-refractivity contribution in [3.05, 3.63) is 34.9 Å². The minimum absolute atomic E-state index is 0.0907. The maximum atomic E-state index is 12.8. The molecule has 2 amide bonds. The van der Waals surface area contributed by atoms with Crippen molar-refractivity contribution in [3.8, 4) is 0 Å². The highest BCUT2D eigenvalue weighted by Crippen LogP contribution is 2.36. The molecular formula is C20H25F3N2O2. The second-order valence-corrected chi connectivity index (χ2v) is 7.71. The summed E-state index contributed by atoms with van der Waals surface area (Å²) in [7, 11) is 0. The van der Waals surface area contributed by atoms with Crippen LogP contribution in [0.2, 0.25) is 0 Å². The summed E-state index contributed by atoms with van der Waals surface area (Å²) in [6.45, 7) is 4.13. The van der Waals surface area contributed by atoms with Crippen LogP contribution in [0.5, 0.6) is 0 Å². The monoisotopic (exact) mass is 382 g/mol.